The summed E-state index contributed by atoms with van der Waals surface area (Å²) in [4.78, 5) is 41.9. The van der Waals surface area contributed by atoms with Crippen molar-refractivity contribution in [3.8, 4) is 5.69 Å². The van der Waals surface area contributed by atoms with Crippen molar-refractivity contribution in [3.63, 3.8) is 0 Å². The lowest BCUT2D eigenvalue weighted by Crippen LogP contribution is -2.57. The Bertz CT molecular complexity index is 1300. The van der Waals surface area contributed by atoms with Gasteiger partial charge in [0.2, 0.25) is 0 Å². The molecule has 1 saturated heterocycles. The van der Waals surface area contributed by atoms with Crippen molar-refractivity contribution < 1.29 is 19.1 Å². The molecule has 0 bridgehead atoms. The van der Waals surface area contributed by atoms with Crippen LogP contribution in [0.2, 0.25) is 0 Å². The van der Waals surface area contributed by atoms with Crippen molar-refractivity contribution >= 4 is 45.5 Å². The fraction of sp³-hybridized carbons (Fsp3) is 0.192. The van der Waals surface area contributed by atoms with E-state index < -0.39 is 17.8 Å². The summed E-state index contributed by atoms with van der Waals surface area (Å²) in [5, 5.41) is 0. The van der Waals surface area contributed by atoms with Gasteiger partial charge in [-0.25, -0.2) is 9.69 Å². The van der Waals surface area contributed by atoms with Crippen LogP contribution in [0.5, 0.6) is 0 Å². The number of hydrogen-bond donors (Lipinski definition) is 0. The highest BCUT2D eigenvalue weighted by atomic mass is 79.9. The van der Waals surface area contributed by atoms with Gasteiger partial charge in [-0.15, -0.1) is 0 Å². The minimum atomic E-state index is -0.685. The first-order valence-corrected chi connectivity index (χ1v) is 11.5. The van der Waals surface area contributed by atoms with Gasteiger partial charge >= 0.3 is 6.03 Å². The molecule has 34 heavy (non-hydrogen) atoms. The zero-order valence-corrected chi connectivity index (χ0v) is 20.7. The number of amides is 4. The maximum atomic E-state index is 13.4. The van der Waals surface area contributed by atoms with Gasteiger partial charge in [0.05, 0.1) is 18.8 Å². The van der Waals surface area contributed by atoms with E-state index in [4.69, 9.17) is 4.74 Å². The van der Waals surface area contributed by atoms with Gasteiger partial charge < -0.3 is 9.30 Å². The summed E-state index contributed by atoms with van der Waals surface area (Å²) >= 11 is 3.50. The molecule has 0 atom stereocenters. The van der Waals surface area contributed by atoms with Crippen LogP contribution in [0.15, 0.2) is 70.7 Å². The lowest BCUT2D eigenvalue weighted by Gasteiger charge is -2.33. The van der Waals surface area contributed by atoms with Gasteiger partial charge in [-0.05, 0) is 61.9 Å². The second kappa shape index (κ2) is 9.79. The van der Waals surface area contributed by atoms with E-state index in [0.717, 1.165) is 36.9 Å². The molecule has 0 spiro atoms. The molecule has 0 aliphatic carbocycles. The van der Waals surface area contributed by atoms with Crippen LogP contribution in [-0.4, -0.2) is 47.6 Å². The van der Waals surface area contributed by atoms with Gasteiger partial charge in [-0.3, -0.25) is 14.5 Å². The molecule has 0 N–H and O–H groups in total. The maximum absolute atomic E-state index is 13.4. The molecule has 7 nitrogen and oxygen atoms in total. The van der Waals surface area contributed by atoms with Crippen LogP contribution in [0, 0.1) is 13.8 Å². The van der Waals surface area contributed by atoms with Gasteiger partial charge in [-0.1, -0.05) is 40.2 Å². The first-order chi connectivity index (χ1) is 16.3. The number of anilines is 1. The van der Waals surface area contributed by atoms with Crippen LogP contribution in [0.3, 0.4) is 0 Å². The topological polar surface area (TPSA) is 71.8 Å². The lowest BCUT2D eigenvalue weighted by atomic mass is 10.1. The van der Waals surface area contributed by atoms with E-state index in [1.54, 1.807) is 36.4 Å². The van der Waals surface area contributed by atoms with E-state index in [-0.39, 0.29) is 18.7 Å². The molecular formula is C26H24BrN3O4. The predicted molar refractivity (Wildman–Crippen MR) is 134 cm³/mol. The molecular weight excluding hydrogens is 498 g/mol. The van der Waals surface area contributed by atoms with Crippen molar-refractivity contribution in [2.24, 2.45) is 0 Å². The minimum absolute atomic E-state index is 0.0409. The smallest absolute Gasteiger partial charge is 0.338 e. The Morgan fingerprint density at radius 3 is 2.29 bits per heavy atom. The number of carbonyl (C=O) groups is 3. The molecule has 4 rings (SSSR count). The van der Waals surface area contributed by atoms with E-state index >= 15 is 0 Å². The van der Waals surface area contributed by atoms with E-state index in [9.17, 15) is 14.4 Å². The molecule has 1 aliphatic rings. The number of imide groups is 2. The van der Waals surface area contributed by atoms with Crippen molar-refractivity contribution in [1.29, 1.82) is 0 Å². The highest BCUT2D eigenvalue weighted by molar-refractivity contribution is 9.10. The molecule has 2 heterocycles. The van der Waals surface area contributed by atoms with Gasteiger partial charge in [0.25, 0.3) is 11.8 Å². The van der Waals surface area contributed by atoms with Gasteiger partial charge in [0, 0.05) is 28.7 Å². The number of urea groups is 1. The number of hydrogen-bond acceptors (Lipinski definition) is 4. The Morgan fingerprint density at radius 1 is 0.912 bits per heavy atom. The largest absolute Gasteiger partial charge is 0.383 e. The number of halogens is 1. The van der Waals surface area contributed by atoms with Crippen LogP contribution in [0.25, 0.3) is 11.8 Å². The summed E-state index contributed by atoms with van der Waals surface area (Å²) < 4.78 is 8.08. The number of methoxy groups -OCH3 is 1. The standard InChI is InChI=1S/C26H24BrN3O4/c1-17-14-19(18(2)29(17)22-11-7-8-20(27)16-22)15-23-24(31)28(12-13-34-3)26(33)30(25(23)32)21-9-5-4-6-10-21/h4-11,14-16H,12-13H2,1-3H3/b23-15-. The molecule has 2 aromatic carbocycles. The highest BCUT2D eigenvalue weighted by Crippen LogP contribution is 2.29. The summed E-state index contributed by atoms with van der Waals surface area (Å²) in [7, 11) is 1.49. The number of nitrogens with zero attached hydrogens (tertiary/aromatic N) is 3. The number of rotatable bonds is 6. The van der Waals surface area contributed by atoms with Gasteiger partial charge in [0.15, 0.2) is 0 Å². The van der Waals surface area contributed by atoms with Crippen LogP contribution in [0.1, 0.15) is 17.0 Å². The quantitative estimate of drug-likeness (QED) is 0.342. The van der Waals surface area contributed by atoms with E-state index in [2.05, 4.69) is 20.5 Å². The summed E-state index contributed by atoms with van der Waals surface area (Å²) in [5.41, 5.74) is 3.83. The minimum Gasteiger partial charge on any atom is -0.383 e. The Balaban J connectivity index is 1.81. The number of aryl methyl sites for hydroxylation is 1. The number of barbiturate groups is 1. The molecule has 0 saturated carbocycles. The van der Waals surface area contributed by atoms with Crippen molar-refractivity contribution in [2.75, 3.05) is 25.2 Å². The second-order valence-corrected chi connectivity index (χ2v) is 8.82. The van der Waals surface area contributed by atoms with Crippen LogP contribution in [-0.2, 0) is 14.3 Å². The molecule has 3 aromatic rings. The molecule has 174 valence electrons. The van der Waals surface area contributed by atoms with Crippen molar-refractivity contribution in [3.05, 3.63) is 87.7 Å². The molecule has 0 radical (unpaired) electrons. The third kappa shape index (κ3) is 4.34. The first kappa shape index (κ1) is 23.7. The van der Waals surface area contributed by atoms with Crippen LogP contribution >= 0.6 is 15.9 Å². The molecule has 1 fully saturated rings. The molecule has 1 aliphatic heterocycles. The number of para-hydroxylation sites is 1. The van der Waals surface area contributed by atoms with E-state index in [1.807, 2.05) is 44.2 Å². The first-order valence-electron chi connectivity index (χ1n) is 10.7. The average Bonchev–Trinajstić information content (AvgIpc) is 3.10. The molecule has 1 aromatic heterocycles. The number of ether oxygens (including phenoxy) is 1. The summed E-state index contributed by atoms with van der Waals surface area (Å²) in [6.45, 7) is 4.10. The van der Waals surface area contributed by atoms with E-state index in [0.29, 0.717) is 5.69 Å². The lowest BCUT2D eigenvalue weighted by molar-refractivity contribution is -0.129. The predicted octanol–water partition coefficient (Wildman–Crippen LogP) is 4.88. The summed E-state index contributed by atoms with van der Waals surface area (Å²) in [6.07, 6.45) is 1.57. The van der Waals surface area contributed by atoms with Crippen molar-refractivity contribution in [2.45, 2.75) is 13.8 Å². The van der Waals surface area contributed by atoms with Crippen LogP contribution in [0.4, 0.5) is 10.5 Å². The SMILES string of the molecule is COCCN1C(=O)/C(=C/c2cc(C)n(-c3cccc(Br)c3)c2C)C(=O)N(c2ccccc2)C1=O. The second-order valence-electron chi connectivity index (χ2n) is 7.91. The Labute approximate surface area is 206 Å². The highest BCUT2D eigenvalue weighted by Gasteiger charge is 2.42. The maximum Gasteiger partial charge on any atom is 0.338 e. The number of benzene rings is 2. The van der Waals surface area contributed by atoms with Gasteiger partial charge in [0.1, 0.15) is 5.57 Å². The third-order valence-corrected chi connectivity index (χ3v) is 6.19. The number of aromatic nitrogens is 1. The zero-order chi connectivity index (χ0) is 24.4. The monoisotopic (exact) mass is 521 g/mol. The number of carbonyl (C=O) groups excluding carboxylic acids is 3. The Hall–Kier alpha value is -3.49. The third-order valence-electron chi connectivity index (χ3n) is 5.70. The van der Waals surface area contributed by atoms with E-state index in [1.165, 1.54) is 7.11 Å². The average molecular weight is 522 g/mol. The summed E-state index contributed by atoms with van der Waals surface area (Å²) in [5.74, 6) is -1.28. The van der Waals surface area contributed by atoms with Crippen molar-refractivity contribution in [1.82, 2.24) is 9.47 Å². The normalized spacial score (nSPS) is 15.5. The molecule has 8 heteroatoms. The Morgan fingerprint density at radius 2 is 1.62 bits per heavy atom. The molecule has 0 unspecified atom stereocenters. The molecule has 4 amide bonds. The van der Waals surface area contributed by atoms with Gasteiger partial charge in [-0.2, -0.15) is 0 Å². The van der Waals surface area contributed by atoms with Crippen LogP contribution < -0.4 is 4.90 Å². The zero-order valence-electron chi connectivity index (χ0n) is 19.1. The fourth-order valence-electron chi connectivity index (χ4n) is 4.06. The Kier molecular flexibility index (Phi) is 6.81. The fourth-order valence-corrected chi connectivity index (χ4v) is 4.45. The summed E-state index contributed by atoms with van der Waals surface area (Å²) in [6, 6.07) is 17.7.